The molecule has 1 aromatic carbocycles. The van der Waals surface area contributed by atoms with E-state index in [-0.39, 0.29) is 0 Å². The number of nitrogens with zero attached hydrogens (tertiary/aromatic N) is 4. The molecule has 5 nitrogen and oxygen atoms in total. The van der Waals surface area contributed by atoms with E-state index in [4.69, 9.17) is 14.7 Å². The third kappa shape index (κ3) is 3.11. The van der Waals surface area contributed by atoms with Gasteiger partial charge < -0.3 is 14.5 Å². The Balaban J connectivity index is 1.76. The van der Waals surface area contributed by atoms with E-state index in [9.17, 15) is 0 Å². The first-order valence-electron chi connectivity index (χ1n) is 8.76. The normalized spacial score (nSPS) is 19.8. The van der Waals surface area contributed by atoms with Crippen molar-refractivity contribution in [2.45, 2.75) is 25.7 Å². The van der Waals surface area contributed by atoms with Gasteiger partial charge in [0.05, 0.1) is 18.7 Å². The average Bonchev–Trinajstić information content (AvgIpc) is 2.91. The number of rotatable bonds is 2. The molecule has 23 heavy (non-hydrogen) atoms. The van der Waals surface area contributed by atoms with E-state index < -0.39 is 0 Å². The van der Waals surface area contributed by atoms with Gasteiger partial charge in [-0.05, 0) is 25.0 Å². The Morgan fingerprint density at radius 2 is 1.52 bits per heavy atom. The molecule has 2 fully saturated rings. The molecule has 0 N–H and O–H groups in total. The number of benzene rings is 1. The lowest BCUT2D eigenvalue weighted by molar-refractivity contribution is 0.122. The summed E-state index contributed by atoms with van der Waals surface area (Å²) in [4.78, 5) is 14.5. The van der Waals surface area contributed by atoms with Crippen molar-refractivity contribution < 1.29 is 4.74 Å². The fourth-order valence-corrected chi connectivity index (χ4v) is 3.48. The van der Waals surface area contributed by atoms with Crippen LogP contribution in [0.2, 0.25) is 0 Å². The van der Waals surface area contributed by atoms with Gasteiger partial charge in [-0.15, -0.1) is 0 Å². The highest BCUT2D eigenvalue weighted by molar-refractivity contribution is 5.90. The number of aromatic nitrogens is 2. The third-order valence-corrected chi connectivity index (χ3v) is 4.77. The molecular weight excluding hydrogens is 288 g/mol. The van der Waals surface area contributed by atoms with Crippen LogP contribution in [0.15, 0.2) is 24.3 Å². The van der Waals surface area contributed by atoms with Gasteiger partial charge in [0.25, 0.3) is 0 Å². The number of para-hydroxylation sites is 1. The van der Waals surface area contributed by atoms with Crippen molar-refractivity contribution >= 4 is 22.7 Å². The second-order valence-corrected chi connectivity index (χ2v) is 6.37. The smallest absolute Gasteiger partial charge is 0.227 e. The van der Waals surface area contributed by atoms with Crippen molar-refractivity contribution in [3.8, 4) is 0 Å². The van der Waals surface area contributed by atoms with Crippen molar-refractivity contribution in [2.75, 3.05) is 49.2 Å². The van der Waals surface area contributed by atoms with E-state index in [1.165, 1.54) is 25.7 Å². The topological polar surface area (TPSA) is 41.5 Å². The van der Waals surface area contributed by atoms with Crippen LogP contribution in [-0.2, 0) is 4.74 Å². The molecule has 0 spiro atoms. The summed E-state index contributed by atoms with van der Waals surface area (Å²) < 4.78 is 5.50. The minimum atomic E-state index is 0.775. The quantitative estimate of drug-likeness (QED) is 0.853. The molecule has 122 valence electrons. The number of fused-ring (bicyclic) bond motifs is 1. The third-order valence-electron chi connectivity index (χ3n) is 4.77. The molecular formula is C18H24N4O. The Labute approximate surface area is 137 Å². The van der Waals surface area contributed by atoms with Crippen LogP contribution in [-0.4, -0.2) is 49.4 Å². The van der Waals surface area contributed by atoms with Crippen LogP contribution in [0.25, 0.3) is 10.9 Å². The predicted molar refractivity (Wildman–Crippen MR) is 93.3 cm³/mol. The van der Waals surface area contributed by atoms with E-state index in [0.717, 1.165) is 62.1 Å². The maximum atomic E-state index is 5.50. The van der Waals surface area contributed by atoms with E-state index in [0.29, 0.717) is 0 Å². The second kappa shape index (κ2) is 6.71. The zero-order chi connectivity index (χ0) is 15.5. The molecule has 0 atom stereocenters. The number of morpholine rings is 1. The highest BCUT2D eigenvalue weighted by Crippen LogP contribution is 2.28. The van der Waals surface area contributed by atoms with Crippen LogP contribution in [0.5, 0.6) is 0 Å². The largest absolute Gasteiger partial charge is 0.378 e. The molecule has 0 bridgehead atoms. The molecule has 5 heteroatoms. The van der Waals surface area contributed by atoms with Gasteiger partial charge >= 0.3 is 0 Å². The van der Waals surface area contributed by atoms with Crippen molar-refractivity contribution in [1.82, 2.24) is 9.97 Å². The number of ether oxygens (including phenoxy) is 1. The van der Waals surface area contributed by atoms with Gasteiger partial charge in [-0.3, -0.25) is 0 Å². The summed E-state index contributed by atoms with van der Waals surface area (Å²) in [6, 6.07) is 8.36. The fraction of sp³-hybridized carbons (Fsp3) is 0.556. The molecule has 0 radical (unpaired) electrons. The predicted octanol–water partition coefficient (Wildman–Crippen LogP) is 2.85. The maximum Gasteiger partial charge on any atom is 0.227 e. The lowest BCUT2D eigenvalue weighted by Gasteiger charge is -2.30. The molecule has 3 heterocycles. The number of hydrogen-bond acceptors (Lipinski definition) is 5. The lowest BCUT2D eigenvalue weighted by Crippen LogP contribution is -2.37. The minimum absolute atomic E-state index is 0.775. The summed E-state index contributed by atoms with van der Waals surface area (Å²) in [7, 11) is 0. The lowest BCUT2D eigenvalue weighted by atomic mass is 10.2. The van der Waals surface area contributed by atoms with Crippen LogP contribution < -0.4 is 9.80 Å². The molecule has 4 rings (SSSR count). The molecule has 1 aromatic heterocycles. The summed E-state index contributed by atoms with van der Waals surface area (Å²) in [6.07, 6.45) is 5.12. The highest BCUT2D eigenvalue weighted by atomic mass is 16.5. The molecule has 0 amide bonds. The maximum absolute atomic E-state index is 5.50. The molecule has 0 unspecified atom stereocenters. The molecule has 2 aromatic rings. The summed E-state index contributed by atoms with van der Waals surface area (Å²) in [6.45, 7) is 5.50. The monoisotopic (exact) mass is 312 g/mol. The van der Waals surface area contributed by atoms with Crippen molar-refractivity contribution in [3.63, 3.8) is 0 Å². The van der Waals surface area contributed by atoms with Gasteiger partial charge in [0, 0.05) is 31.6 Å². The van der Waals surface area contributed by atoms with Gasteiger partial charge in [-0.1, -0.05) is 25.0 Å². The zero-order valence-corrected chi connectivity index (χ0v) is 13.6. The first kappa shape index (κ1) is 14.7. The van der Waals surface area contributed by atoms with Crippen LogP contribution in [0.1, 0.15) is 25.7 Å². The first-order chi connectivity index (χ1) is 11.4. The number of hydrogen-bond donors (Lipinski definition) is 0. The van der Waals surface area contributed by atoms with E-state index >= 15 is 0 Å². The fourth-order valence-electron chi connectivity index (χ4n) is 3.48. The van der Waals surface area contributed by atoms with Crippen molar-refractivity contribution in [2.24, 2.45) is 0 Å². The average molecular weight is 312 g/mol. The summed E-state index contributed by atoms with van der Waals surface area (Å²) in [5.41, 5.74) is 1.04. The Kier molecular flexibility index (Phi) is 4.28. The van der Waals surface area contributed by atoms with Crippen LogP contribution in [0.4, 0.5) is 11.8 Å². The Morgan fingerprint density at radius 3 is 2.30 bits per heavy atom. The SMILES string of the molecule is c1ccc2c(N3CCOCC3)nc(N3CCCCCC3)nc2c1. The van der Waals surface area contributed by atoms with Crippen molar-refractivity contribution in [3.05, 3.63) is 24.3 Å². The van der Waals surface area contributed by atoms with Crippen LogP contribution in [0.3, 0.4) is 0 Å². The van der Waals surface area contributed by atoms with E-state index in [1.54, 1.807) is 0 Å². The van der Waals surface area contributed by atoms with E-state index in [2.05, 4.69) is 34.1 Å². The van der Waals surface area contributed by atoms with Crippen LogP contribution in [0, 0.1) is 0 Å². The Hall–Kier alpha value is -1.88. The molecule has 2 aliphatic rings. The first-order valence-corrected chi connectivity index (χ1v) is 8.76. The van der Waals surface area contributed by atoms with Gasteiger partial charge in [0.1, 0.15) is 5.82 Å². The van der Waals surface area contributed by atoms with Gasteiger partial charge in [0.15, 0.2) is 0 Å². The minimum Gasteiger partial charge on any atom is -0.378 e. The molecule has 2 aliphatic heterocycles. The Morgan fingerprint density at radius 1 is 0.783 bits per heavy atom. The summed E-state index contributed by atoms with van der Waals surface area (Å²) >= 11 is 0. The zero-order valence-electron chi connectivity index (χ0n) is 13.6. The standard InChI is InChI=1S/C18H24N4O/c1-2-6-10-22(9-5-1)18-19-16-8-4-3-7-15(16)17(20-18)21-11-13-23-14-12-21/h3-4,7-8H,1-2,5-6,9-14H2. The van der Waals surface area contributed by atoms with Gasteiger partial charge in [0.2, 0.25) is 5.95 Å². The second-order valence-electron chi connectivity index (χ2n) is 6.37. The summed E-state index contributed by atoms with van der Waals surface area (Å²) in [5.74, 6) is 1.96. The molecule has 2 saturated heterocycles. The van der Waals surface area contributed by atoms with Gasteiger partial charge in [-0.25, -0.2) is 4.98 Å². The summed E-state index contributed by atoms with van der Waals surface area (Å²) in [5, 5.41) is 1.15. The highest BCUT2D eigenvalue weighted by Gasteiger charge is 2.20. The van der Waals surface area contributed by atoms with Crippen molar-refractivity contribution in [1.29, 1.82) is 0 Å². The van der Waals surface area contributed by atoms with Crippen LogP contribution >= 0.6 is 0 Å². The van der Waals surface area contributed by atoms with Gasteiger partial charge in [-0.2, -0.15) is 4.98 Å². The molecule has 0 saturated carbocycles. The Bertz CT molecular complexity index is 661. The number of anilines is 2. The molecule has 0 aliphatic carbocycles. The van der Waals surface area contributed by atoms with E-state index in [1.807, 2.05) is 0 Å².